The van der Waals surface area contributed by atoms with E-state index in [-0.39, 0.29) is 12.1 Å². The summed E-state index contributed by atoms with van der Waals surface area (Å²) in [5, 5.41) is 0. The first-order chi connectivity index (χ1) is 10.5. The van der Waals surface area contributed by atoms with Crippen molar-refractivity contribution in [1.29, 1.82) is 0 Å². The zero-order valence-electron chi connectivity index (χ0n) is 15.8. The number of ether oxygens (including phenoxy) is 1. The Hall–Kier alpha value is -0.530. The quantitative estimate of drug-likeness (QED) is 0.269. The average molecular weight is 313 g/mol. The minimum atomic E-state index is -0.0733. The van der Waals surface area contributed by atoms with Crippen LogP contribution in [0.5, 0.6) is 0 Å². The molecule has 0 aliphatic rings. The van der Waals surface area contributed by atoms with Crippen molar-refractivity contribution in [2.45, 2.75) is 111 Å². The van der Waals surface area contributed by atoms with E-state index in [0.717, 1.165) is 5.92 Å². The topological polar surface area (TPSA) is 26.3 Å². The number of carbonyl (C=O) groups is 1. The molecule has 0 heterocycles. The molecule has 3 atom stereocenters. The molecule has 0 radical (unpaired) electrons. The number of carbonyl (C=O) groups excluding carboxylic acids is 1. The van der Waals surface area contributed by atoms with Gasteiger partial charge in [0.05, 0.1) is 0 Å². The van der Waals surface area contributed by atoms with Gasteiger partial charge >= 0.3 is 5.97 Å². The summed E-state index contributed by atoms with van der Waals surface area (Å²) in [6.07, 6.45) is 14.0. The van der Waals surface area contributed by atoms with Crippen LogP contribution in [0.15, 0.2) is 0 Å². The fourth-order valence-electron chi connectivity index (χ4n) is 2.85. The summed E-state index contributed by atoms with van der Waals surface area (Å²) < 4.78 is 5.39. The van der Waals surface area contributed by atoms with E-state index in [2.05, 4.69) is 20.8 Å². The highest BCUT2D eigenvalue weighted by Gasteiger charge is 2.16. The van der Waals surface area contributed by atoms with Gasteiger partial charge in [-0.15, -0.1) is 0 Å². The van der Waals surface area contributed by atoms with E-state index >= 15 is 0 Å². The normalized spacial score (nSPS) is 15.3. The van der Waals surface area contributed by atoms with Crippen LogP contribution >= 0.6 is 0 Å². The van der Waals surface area contributed by atoms with Crippen LogP contribution in [-0.2, 0) is 9.53 Å². The molecule has 0 saturated carbocycles. The Balaban J connectivity index is 3.57. The van der Waals surface area contributed by atoms with E-state index in [1.54, 1.807) is 0 Å². The van der Waals surface area contributed by atoms with Crippen molar-refractivity contribution in [3.63, 3.8) is 0 Å². The van der Waals surface area contributed by atoms with Crippen molar-refractivity contribution in [2.75, 3.05) is 0 Å². The molecule has 0 amide bonds. The SMILES string of the molecule is CCCCCCCC[C@@H](C)CCC[C@H](C)[C@H](C)OC(=O)CC. The van der Waals surface area contributed by atoms with Gasteiger partial charge in [-0.1, -0.05) is 85.5 Å². The average Bonchev–Trinajstić information content (AvgIpc) is 2.50. The van der Waals surface area contributed by atoms with E-state index in [9.17, 15) is 4.79 Å². The van der Waals surface area contributed by atoms with Gasteiger partial charge in [0.1, 0.15) is 6.10 Å². The summed E-state index contributed by atoms with van der Waals surface area (Å²) >= 11 is 0. The van der Waals surface area contributed by atoms with E-state index in [0.29, 0.717) is 12.3 Å². The predicted molar refractivity (Wildman–Crippen MR) is 96.0 cm³/mol. The fourth-order valence-corrected chi connectivity index (χ4v) is 2.85. The molecule has 132 valence electrons. The summed E-state index contributed by atoms with van der Waals surface area (Å²) in [4.78, 5) is 11.3. The zero-order chi connectivity index (χ0) is 16.8. The number of hydrogen-bond donors (Lipinski definition) is 0. The van der Waals surface area contributed by atoms with Crippen LogP contribution < -0.4 is 0 Å². The predicted octanol–water partition coefficient (Wildman–Crippen LogP) is 6.52. The van der Waals surface area contributed by atoms with Crippen molar-refractivity contribution in [1.82, 2.24) is 0 Å². The molecule has 0 fully saturated rings. The lowest BCUT2D eigenvalue weighted by atomic mass is 9.92. The number of esters is 1. The first-order valence-corrected chi connectivity index (χ1v) is 9.70. The number of unbranched alkanes of at least 4 members (excludes halogenated alkanes) is 5. The molecule has 2 heteroatoms. The highest BCUT2D eigenvalue weighted by atomic mass is 16.5. The van der Waals surface area contributed by atoms with Crippen molar-refractivity contribution < 1.29 is 9.53 Å². The summed E-state index contributed by atoms with van der Waals surface area (Å²) in [6.45, 7) is 10.7. The summed E-state index contributed by atoms with van der Waals surface area (Å²) in [5.74, 6) is 1.24. The molecule has 0 aliphatic carbocycles. The fraction of sp³-hybridized carbons (Fsp3) is 0.950. The van der Waals surface area contributed by atoms with E-state index in [4.69, 9.17) is 4.74 Å². The Labute approximate surface area is 139 Å². The Morgan fingerprint density at radius 1 is 0.818 bits per heavy atom. The maximum Gasteiger partial charge on any atom is 0.305 e. The second-order valence-corrected chi connectivity index (χ2v) is 7.12. The van der Waals surface area contributed by atoms with Crippen LogP contribution in [0.1, 0.15) is 105 Å². The van der Waals surface area contributed by atoms with Crippen LogP contribution in [0.25, 0.3) is 0 Å². The van der Waals surface area contributed by atoms with Crippen LogP contribution in [0, 0.1) is 11.8 Å². The first kappa shape index (κ1) is 21.5. The molecule has 22 heavy (non-hydrogen) atoms. The molecule has 0 aliphatic heterocycles. The minimum Gasteiger partial charge on any atom is -0.462 e. The Bertz CT molecular complexity index is 262. The Morgan fingerprint density at radius 2 is 1.41 bits per heavy atom. The van der Waals surface area contributed by atoms with Crippen LogP contribution in [0.3, 0.4) is 0 Å². The molecule has 2 nitrogen and oxygen atoms in total. The third-order valence-electron chi connectivity index (χ3n) is 4.81. The molecule has 0 aromatic carbocycles. The lowest BCUT2D eigenvalue weighted by Crippen LogP contribution is -2.21. The second kappa shape index (κ2) is 14.1. The van der Waals surface area contributed by atoms with Crippen molar-refractivity contribution in [2.24, 2.45) is 11.8 Å². The van der Waals surface area contributed by atoms with Crippen molar-refractivity contribution in [3.05, 3.63) is 0 Å². The zero-order valence-corrected chi connectivity index (χ0v) is 15.8. The third-order valence-corrected chi connectivity index (χ3v) is 4.81. The molecule has 0 spiro atoms. The molecule has 0 saturated heterocycles. The third kappa shape index (κ3) is 12.1. The Morgan fingerprint density at radius 3 is 2.05 bits per heavy atom. The van der Waals surface area contributed by atoms with Crippen LogP contribution in [-0.4, -0.2) is 12.1 Å². The summed E-state index contributed by atoms with van der Waals surface area (Å²) in [5.41, 5.74) is 0. The van der Waals surface area contributed by atoms with Gasteiger partial charge in [-0.2, -0.15) is 0 Å². The first-order valence-electron chi connectivity index (χ1n) is 9.70. The molecule has 0 N–H and O–H groups in total. The maximum absolute atomic E-state index is 11.3. The largest absolute Gasteiger partial charge is 0.462 e. The van der Waals surface area contributed by atoms with Gasteiger partial charge in [0.25, 0.3) is 0 Å². The Kier molecular flexibility index (Phi) is 13.7. The summed E-state index contributed by atoms with van der Waals surface area (Å²) in [7, 11) is 0. The molecule has 0 rings (SSSR count). The van der Waals surface area contributed by atoms with Gasteiger partial charge in [0.15, 0.2) is 0 Å². The van der Waals surface area contributed by atoms with E-state index in [1.807, 2.05) is 13.8 Å². The number of rotatable bonds is 14. The van der Waals surface area contributed by atoms with Gasteiger partial charge in [0.2, 0.25) is 0 Å². The highest BCUT2D eigenvalue weighted by Crippen LogP contribution is 2.21. The highest BCUT2D eigenvalue weighted by molar-refractivity contribution is 5.69. The van der Waals surface area contributed by atoms with Crippen molar-refractivity contribution >= 4 is 5.97 Å². The maximum atomic E-state index is 11.3. The van der Waals surface area contributed by atoms with Crippen LogP contribution in [0.4, 0.5) is 0 Å². The standard InChI is InChI=1S/C20H40O2/c1-6-8-9-10-11-12-14-17(3)15-13-16-18(4)19(5)22-20(21)7-2/h17-19H,6-16H2,1-5H3/t17-,18+,19+/m1/s1. The monoisotopic (exact) mass is 312 g/mol. The smallest absolute Gasteiger partial charge is 0.305 e. The van der Waals surface area contributed by atoms with E-state index < -0.39 is 0 Å². The molecular weight excluding hydrogens is 272 g/mol. The second-order valence-electron chi connectivity index (χ2n) is 7.12. The van der Waals surface area contributed by atoms with Gasteiger partial charge in [-0.3, -0.25) is 4.79 Å². The molecule has 0 unspecified atom stereocenters. The van der Waals surface area contributed by atoms with Crippen molar-refractivity contribution in [3.8, 4) is 0 Å². The molecular formula is C20H40O2. The summed E-state index contributed by atoms with van der Waals surface area (Å²) in [6, 6.07) is 0. The minimum absolute atomic E-state index is 0.0568. The molecule has 0 aromatic heterocycles. The lowest BCUT2D eigenvalue weighted by Gasteiger charge is -2.21. The van der Waals surface area contributed by atoms with Gasteiger partial charge < -0.3 is 4.74 Å². The molecule has 0 aromatic rings. The van der Waals surface area contributed by atoms with Gasteiger partial charge in [-0.25, -0.2) is 0 Å². The molecule has 0 bridgehead atoms. The lowest BCUT2D eigenvalue weighted by molar-refractivity contribution is -0.150. The van der Waals surface area contributed by atoms with Gasteiger partial charge in [0, 0.05) is 6.42 Å². The van der Waals surface area contributed by atoms with Gasteiger partial charge in [-0.05, 0) is 25.2 Å². The van der Waals surface area contributed by atoms with Crippen LogP contribution in [0.2, 0.25) is 0 Å². The number of hydrogen-bond acceptors (Lipinski definition) is 2. The van der Waals surface area contributed by atoms with E-state index in [1.165, 1.54) is 64.2 Å².